The van der Waals surface area contributed by atoms with Gasteiger partial charge in [-0.3, -0.25) is 0 Å². The van der Waals surface area contributed by atoms with Crippen LogP contribution in [0.3, 0.4) is 0 Å². The van der Waals surface area contributed by atoms with Crippen molar-refractivity contribution >= 4 is 21.9 Å². The summed E-state index contributed by atoms with van der Waals surface area (Å²) in [6, 6.07) is 3.15. The van der Waals surface area contributed by atoms with Crippen LogP contribution < -0.4 is 9.84 Å². The van der Waals surface area contributed by atoms with Crippen LogP contribution in [0.5, 0.6) is 11.5 Å². The molecule has 4 nitrogen and oxygen atoms in total. The molecule has 0 aromatic heterocycles. The lowest BCUT2D eigenvalue weighted by atomic mass is 10.3. The van der Waals surface area contributed by atoms with E-state index in [1.807, 2.05) is 0 Å². The summed E-state index contributed by atoms with van der Waals surface area (Å²) < 4.78 is 29.1. The minimum absolute atomic E-state index is 0.270. The van der Waals surface area contributed by atoms with Crippen molar-refractivity contribution in [2.75, 3.05) is 0 Å². The van der Waals surface area contributed by atoms with Crippen molar-refractivity contribution in [3.05, 3.63) is 22.7 Å². The van der Waals surface area contributed by atoms with Crippen LogP contribution in [0.15, 0.2) is 22.7 Å². The van der Waals surface area contributed by atoms with Crippen molar-refractivity contribution in [2.24, 2.45) is 0 Å². The lowest BCUT2D eigenvalue weighted by molar-refractivity contribution is -0.350. The summed E-state index contributed by atoms with van der Waals surface area (Å²) in [4.78, 5) is 9.92. The first-order chi connectivity index (χ1) is 6.83. The van der Waals surface area contributed by atoms with Gasteiger partial charge in [-0.15, -0.1) is 0 Å². The summed E-state index contributed by atoms with van der Waals surface area (Å²) in [6.07, 6.45) is -4.43. The molecular weight excluding hydrogens is 278 g/mol. The summed E-state index contributed by atoms with van der Waals surface area (Å²) in [5.41, 5.74) is 0. The van der Waals surface area contributed by atoms with E-state index in [1.54, 1.807) is 0 Å². The molecule has 0 saturated carbocycles. The SMILES string of the molecule is O=C([O-])C(F)(F)Oc1ccc(Br)c(O)c1. The standard InChI is InChI=1S/C8H5BrF2O4/c9-5-2-1-4(3-6(5)12)15-8(10,11)7(13)14/h1-3,12H,(H,13,14)/p-1. The van der Waals surface area contributed by atoms with Gasteiger partial charge in [0.05, 0.1) is 4.47 Å². The predicted molar refractivity (Wildman–Crippen MR) is 46.4 cm³/mol. The topological polar surface area (TPSA) is 69.6 Å². The number of alkyl halides is 2. The average Bonchev–Trinajstić information content (AvgIpc) is 2.10. The molecule has 0 bridgehead atoms. The molecule has 0 heterocycles. The molecule has 1 N–H and O–H groups in total. The third kappa shape index (κ3) is 2.79. The van der Waals surface area contributed by atoms with E-state index in [0.717, 1.165) is 12.1 Å². The number of hydrogen-bond donors (Lipinski definition) is 1. The molecule has 0 aliphatic heterocycles. The zero-order chi connectivity index (χ0) is 11.6. The molecule has 0 unspecified atom stereocenters. The molecule has 0 saturated heterocycles. The third-order valence-electron chi connectivity index (χ3n) is 1.40. The van der Waals surface area contributed by atoms with E-state index in [-0.39, 0.29) is 10.2 Å². The van der Waals surface area contributed by atoms with Crippen LogP contribution in [-0.4, -0.2) is 17.2 Å². The molecule has 82 valence electrons. The van der Waals surface area contributed by atoms with Crippen LogP contribution in [-0.2, 0) is 4.79 Å². The van der Waals surface area contributed by atoms with E-state index in [2.05, 4.69) is 20.7 Å². The van der Waals surface area contributed by atoms with Crippen molar-refractivity contribution in [2.45, 2.75) is 6.11 Å². The van der Waals surface area contributed by atoms with E-state index < -0.39 is 17.8 Å². The Hall–Kier alpha value is -1.37. The van der Waals surface area contributed by atoms with Crippen LogP contribution in [0.2, 0.25) is 0 Å². The van der Waals surface area contributed by atoms with Gasteiger partial charge in [0.2, 0.25) is 0 Å². The maximum absolute atomic E-state index is 12.5. The molecule has 0 radical (unpaired) electrons. The van der Waals surface area contributed by atoms with Crippen LogP contribution in [0.25, 0.3) is 0 Å². The Bertz CT molecular complexity index is 394. The van der Waals surface area contributed by atoms with Gasteiger partial charge in [0.25, 0.3) is 0 Å². The summed E-state index contributed by atoms with van der Waals surface area (Å²) in [6.45, 7) is 0. The Kier molecular flexibility index (Phi) is 3.13. The number of phenolic OH excluding ortho intramolecular Hbond substituents is 1. The van der Waals surface area contributed by atoms with Crippen LogP contribution in [0, 0.1) is 0 Å². The molecule has 0 aliphatic carbocycles. The number of carbonyl (C=O) groups is 1. The maximum Gasteiger partial charge on any atom is 0.441 e. The highest BCUT2D eigenvalue weighted by molar-refractivity contribution is 9.10. The quantitative estimate of drug-likeness (QED) is 0.893. The van der Waals surface area contributed by atoms with Crippen molar-refractivity contribution in [1.82, 2.24) is 0 Å². The second-order valence-electron chi connectivity index (χ2n) is 2.52. The second-order valence-corrected chi connectivity index (χ2v) is 3.37. The number of carbonyl (C=O) groups excluding carboxylic acids is 1. The van der Waals surface area contributed by atoms with Crippen molar-refractivity contribution in [3.8, 4) is 11.5 Å². The highest BCUT2D eigenvalue weighted by Crippen LogP contribution is 2.30. The molecule has 0 atom stereocenters. The van der Waals surface area contributed by atoms with Crippen LogP contribution in [0.4, 0.5) is 8.78 Å². The van der Waals surface area contributed by atoms with Gasteiger partial charge in [-0.25, -0.2) is 0 Å². The molecular formula is C8H4BrF2O4-. The van der Waals surface area contributed by atoms with E-state index in [1.165, 1.54) is 6.07 Å². The number of aromatic hydroxyl groups is 1. The van der Waals surface area contributed by atoms with Gasteiger partial charge >= 0.3 is 6.11 Å². The first-order valence-corrected chi connectivity index (χ1v) is 4.39. The van der Waals surface area contributed by atoms with Gasteiger partial charge in [0.15, 0.2) is 5.97 Å². The smallest absolute Gasteiger partial charge is 0.441 e. The number of hydrogen-bond acceptors (Lipinski definition) is 4. The lowest BCUT2D eigenvalue weighted by Gasteiger charge is -2.18. The Morgan fingerprint density at radius 2 is 2.13 bits per heavy atom. The number of rotatable bonds is 3. The number of ether oxygens (including phenoxy) is 1. The van der Waals surface area contributed by atoms with Crippen LogP contribution >= 0.6 is 15.9 Å². The number of benzene rings is 1. The second kappa shape index (κ2) is 4.01. The zero-order valence-corrected chi connectivity index (χ0v) is 8.62. The fourth-order valence-corrected chi connectivity index (χ4v) is 0.992. The lowest BCUT2D eigenvalue weighted by Crippen LogP contribution is -2.45. The number of phenols is 1. The summed E-state index contributed by atoms with van der Waals surface area (Å²) in [5.74, 6) is -3.48. The molecule has 1 aromatic carbocycles. The normalized spacial score (nSPS) is 11.1. The molecule has 1 rings (SSSR count). The third-order valence-corrected chi connectivity index (χ3v) is 2.07. The fourth-order valence-electron chi connectivity index (χ4n) is 0.746. The predicted octanol–water partition coefficient (Wildman–Crippen LogP) is 0.876. The number of halogens is 3. The molecule has 7 heteroatoms. The van der Waals surface area contributed by atoms with Gasteiger partial charge in [-0.05, 0) is 28.1 Å². The van der Waals surface area contributed by atoms with Gasteiger partial charge in [-0.1, -0.05) is 0 Å². The highest BCUT2D eigenvalue weighted by atomic mass is 79.9. The highest BCUT2D eigenvalue weighted by Gasteiger charge is 2.34. The molecule has 0 fully saturated rings. The van der Waals surface area contributed by atoms with Gasteiger partial charge in [0, 0.05) is 6.07 Å². The van der Waals surface area contributed by atoms with Crippen molar-refractivity contribution < 1.29 is 28.5 Å². The fraction of sp³-hybridized carbons (Fsp3) is 0.125. The Morgan fingerprint density at radius 3 is 2.60 bits per heavy atom. The Balaban J connectivity index is 2.91. The van der Waals surface area contributed by atoms with E-state index in [4.69, 9.17) is 5.11 Å². The van der Waals surface area contributed by atoms with Crippen LogP contribution in [0.1, 0.15) is 0 Å². The molecule has 1 aromatic rings. The monoisotopic (exact) mass is 281 g/mol. The minimum atomic E-state index is -4.43. The van der Waals surface area contributed by atoms with E-state index >= 15 is 0 Å². The summed E-state index contributed by atoms with van der Waals surface area (Å²) >= 11 is 2.92. The summed E-state index contributed by atoms with van der Waals surface area (Å²) in [5, 5.41) is 19.0. The minimum Gasteiger partial charge on any atom is -0.541 e. The number of carboxylic acids is 1. The Labute approximate surface area is 91.2 Å². The molecule has 0 amide bonds. The zero-order valence-electron chi connectivity index (χ0n) is 7.04. The number of carboxylic acid groups (broad SMARTS) is 1. The van der Waals surface area contributed by atoms with Crippen molar-refractivity contribution in [3.63, 3.8) is 0 Å². The van der Waals surface area contributed by atoms with Gasteiger partial charge in [0.1, 0.15) is 11.5 Å². The largest absolute Gasteiger partial charge is 0.541 e. The summed E-state index contributed by atoms with van der Waals surface area (Å²) in [7, 11) is 0. The molecule has 0 aliphatic rings. The van der Waals surface area contributed by atoms with Gasteiger partial charge < -0.3 is 19.7 Å². The van der Waals surface area contributed by atoms with E-state index in [0.29, 0.717) is 0 Å². The first-order valence-electron chi connectivity index (χ1n) is 3.60. The van der Waals surface area contributed by atoms with Gasteiger partial charge in [-0.2, -0.15) is 8.78 Å². The maximum atomic E-state index is 12.5. The first kappa shape index (κ1) is 11.7. The average molecular weight is 282 g/mol. The Morgan fingerprint density at radius 1 is 1.53 bits per heavy atom. The molecule has 15 heavy (non-hydrogen) atoms. The van der Waals surface area contributed by atoms with Crippen molar-refractivity contribution in [1.29, 1.82) is 0 Å². The molecule has 0 spiro atoms. The van der Waals surface area contributed by atoms with E-state index in [9.17, 15) is 18.7 Å². The number of aliphatic carboxylic acids is 1.